The number of aryl methyl sites for hydroxylation is 3. The Balaban J connectivity index is 2.06. The van der Waals surface area contributed by atoms with Gasteiger partial charge in [-0.25, -0.2) is 9.59 Å². The van der Waals surface area contributed by atoms with E-state index >= 15 is 0 Å². The maximum absolute atomic E-state index is 12.1. The molecule has 0 saturated carbocycles. The first kappa shape index (κ1) is 33.0. The fourth-order valence-electron chi connectivity index (χ4n) is 4.56. The van der Waals surface area contributed by atoms with E-state index in [0.717, 1.165) is 24.8 Å². The SMILES string of the molecule is C=C(C)C(=O)OCC(C)(CCc1ccc(-c2ccc(CCCCCCC)c(CC)c2)cc1)COC(=O)C(=C)CO. The van der Waals surface area contributed by atoms with Crippen molar-refractivity contribution in [1.29, 1.82) is 0 Å². The number of aliphatic hydroxyl groups is 1. The number of carbonyl (C=O) groups excluding carboxylic acids is 2. The molecule has 5 heteroatoms. The predicted molar refractivity (Wildman–Crippen MR) is 163 cm³/mol. The largest absolute Gasteiger partial charge is 0.462 e. The van der Waals surface area contributed by atoms with Crippen LogP contribution in [-0.4, -0.2) is 36.9 Å². The van der Waals surface area contributed by atoms with E-state index in [1.54, 1.807) is 6.92 Å². The number of unbranched alkanes of at least 4 members (excludes halogenated alkanes) is 4. The first-order chi connectivity index (χ1) is 19.1. The Morgan fingerprint density at radius 2 is 1.45 bits per heavy atom. The van der Waals surface area contributed by atoms with E-state index in [-0.39, 0.29) is 18.8 Å². The summed E-state index contributed by atoms with van der Waals surface area (Å²) in [6.45, 7) is 14.8. The highest BCUT2D eigenvalue weighted by Crippen LogP contribution is 2.28. The monoisotopic (exact) mass is 548 g/mol. The van der Waals surface area contributed by atoms with Crippen LogP contribution in [-0.2, 0) is 38.3 Å². The molecule has 0 spiro atoms. The molecule has 0 amide bonds. The van der Waals surface area contributed by atoms with Gasteiger partial charge in [-0.2, -0.15) is 0 Å². The van der Waals surface area contributed by atoms with E-state index in [4.69, 9.17) is 14.6 Å². The van der Waals surface area contributed by atoms with Gasteiger partial charge < -0.3 is 14.6 Å². The molecule has 2 aromatic rings. The van der Waals surface area contributed by atoms with Gasteiger partial charge in [0.2, 0.25) is 0 Å². The average molecular weight is 549 g/mol. The first-order valence-electron chi connectivity index (χ1n) is 14.6. The Bertz CT molecular complexity index is 1130. The summed E-state index contributed by atoms with van der Waals surface area (Å²) >= 11 is 0. The lowest BCUT2D eigenvalue weighted by atomic mass is 9.85. The van der Waals surface area contributed by atoms with Crippen molar-refractivity contribution >= 4 is 11.9 Å². The molecule has 1 unspecified atom stereocenters. The third-order valence-corrected chi connectivity index (χ3v) is 7.37. The zero-order valence-electron chi connectivity index (χ0n) is 25.0. The van der Waals surface area contributed by atoms with E-state index in [0.29, 0.717) is 12.0 Å². The molecule has 0 aliphatic carbocycles. The van der Waals surface area contributed by atoms with Crippen LogP contribution in [0.4, 0.5) is 0 Å². The molecule has 5 nitrogen and oxygen atoms in total. The summed E-state index contributed by atoms with van der Waals surface area (Å²) < 4.78 is 10.8. The number of aliphatic hydroxyl groups excluding tert-OH is 1. The number of benzene rings is 2. The lowest BCUT2D eigenvalue weighted by Crippen LogP contribution is -2.32. The summed E-state index contributed by atoms with van der Waals surface area (Å²) in [4.78, 5) is 24.1. The average Bonchev–Trinajstić information content (AvgIpc) is 2.97. The van der Waals surface area contributed by atoms with Gasteiger partial charge in [0.25, 0.3) is 0 Å². The van der Waals surface area contributed by atoms with Crippen molar-refractivity contribution in [3.63, 3.8) is 0 Å². The molecule has 0 radical (unpaired) electrons. The molecule has 1 atom stereocenters. The molecule has 0 aromatic heterocycles. The zero-order valence-corrected chi connectivity index (χ0v) is 25.0. The Hall–Kier alpha value is -3.18. The molecule has 0 bridgehead atoms. The maximum Gasteiger partial charge on any atom is 0.335 e. The fraction of sp³-hybridized carbons (Fsp3) is 0.486. The highest BCUT2D eigenvalue weighted by Gasteiger charge is 2.29. The van der Waals surface area contributed by atoms with Crippen LogP contribution in [0.25, 0.3) is 11.1 Å². The summed E-state index contributed by atoms with van der Waals surface area (Å²) in [5, 5.41) is 9.15. The van der Waals surface area contributed by atoms with Gasteiger partial charge in [0.15, 0.2) is 0 Å². The van der Waals surface area contributed by atoms with Gasteiger partial charge in [0.1, 0.15) is 13.2 Å². The van der Waals surface area contributed by atoms with Crippen molar-refractivity contribution in [2.45, 2.75) is 85.5 Å². The molecule has 0 saturated heterocycles. The molecule has 0 heterocycles. The van der Waals surface area contributed by atoms with Crippen molar-refractivity contribution in [1.82, 2.24) is 0 Å². The Morgan fingerprint density at radius 1 is 0.825 bits per heavy atom. The second-order valence-electron chi connectivity index (χ2n) is 11.2. The van der Waals surface area contributed by atoms with Gasteiger partial charge in [-0.3, -0.25) is 0 Å². The maximum atomic E-state index is 12.1. The molecule has 1 N–H and O–H groups in total. The van der Waals surface area contributed by atoms with Crippen LogP contribution in [0.1, 0.15) is 82.9 Å². The molecule has 0 aliphatic rings. The van der Waals surface area contributed by atoms with Crippen molar-refractivity contribution in [2.75, 3.05) is 19.8 Å². The third kappa shape index (κ3) is 10.8. The fourth-order valence-corrected chi connectivity index (χ4v) is 4.56. The topological polar surface area (TPSA) is 72.8 Å². The summed E-state index contributed by atoms with van der Waals surface area (Å²) in [7, 11) is 0. The van der Waals surface area contributed by atoms with Crippen LogP contribution in [0.3, 0.4) is 0 Å². The summed E-state index contributed by atoms with van der Waals surface area (Å²) in [5.74, 6) is -1.13. The zero-order chi connectivity index (χ0) is 29.5. The van der Waals surface area contributed by atoms with E-state index < -0.39 is 24.0 Å². The minimum atomic E-state index is -0.654. The Morgan fingerprint density at radius 3 is 2.05 bits per heavy atom. The van der Waals surface area contributed by atoms with Crippen molar-refractivity contribution < 1.29 is 24.2 Å². The lowest BCUT2D eigenvalue weighted by molar-refractivity contribution is -0.149. The predicted octanol–water partition coefficient (Wildman–Crippen LogP) is 7.58. The van der Waals surface area contributed by atoms with Gasteiger partial charge in [0, 0.05) is 11.0 Å². The first-order valence-corrected chi connectivity index (χ1v) is 14.6. The molecule has 2 aromatic carbocycles. The van der Waals surface area contributed by atoms with E-state index in [9.17, 15) is 9.59 Å². The van der Waals surface area contributed by atoms with Crippen LogP contribution in [0.15, 0.2) is 66.8 Å². The van der Waals surface area contributed by atoms with Gasteiger partial charge >= 0.3 is 11.9 Å². The van der Waals surface area contributed by atoms with Crippen molar-refractivity contribution in [3.8, 4) is 11.1 Å². The number of carbonyl (C=O) groups is 2. The Labute approximate surface area is 241 Å². The van der Waals surface area contributed by atoms with Gasteiger partial charge in [-0.15, -0.1) is 0 Å². The summed E-state index contributed by atoms with van der Waals surface area (Å²) in [6, 6.07) is 15.4. The van der Waals surface area contributed by atoms with Crippen LogP contribution < -0.4 is 0 Å². The second-order valence-corrected chi connectivity index (χ2v) is 11.2. The second kappa shape index (κ2) is 16.8. The van der Waals surface area contributed by atoms with E-state index in [1.165, 1.54) is 54.4 Å². The van der Waals surface area contributed by atoms with Gasteiger partial charge in [-0.05, 0) is 66.8 Å². The Kier molecular flexibility index (Phi) is 13.9. The quantitative estimate of drug-likeness (QED) is 0.118. The number of ether oxygens (including phenoxy) is 2. The third-order valence-electron chi connectivity index (χ3n) is 7.37. The molecule has 0 fully saturated rings. The number of hydrogen-bond donors (Lipinski definition) is 1. The standard InChI is InChI=1S/C35H48O5/c1-7-9-10-11-12-13-30-18-19-32(22-29(30)8-2)31-16-14-28(15-17-31)20-21-35(6,24-39-33(37)26(3)4)25-40-34(38)27(5)23-36/h14-19,22,36H,3,5,7-13,20-21,23-25H2,1-2,4,6H3. The normalized spacial score (nSPS) is 12.4. The van der Waals surface area contributed by atoms with E-state index in [2.05, 4.69) is 69.5 Å². The van der Waals surface area contributed by atoms with Crippen LogP contribution in [0.2, 0.25) is 0 Å². The highest BCUT2D eigenvalue weighted by molar-refractivity contribution is 5.88. The number of rotatable bonds is 18. The van der Waals surface area contributed by atoms with Gasteiger partial charge in [0.05, 0.1) is 12.2 Å². The minimum Gasteiger partial charge on any atom is -0.462 e. The summed E-state index contributed by atoms with van der Waals surface area (Å²) in [6.07, 6.45) is 10.00. The van der Waals surface area contributed by atoms with Crippen LogP contribution >= 0.6 is 0 Å². The number of esters is 2. The number of hydrogen-bond acceptors (Lipinski definition) is 5. The molecule has 2 rings (SSSR count). The van der Waals surface area contributed by atoms with Crippen LogP contribution in [0, 0.1) is 5.41 Å². The van der Waals surface area contributed by atoms with Crippen molar-refractivity contribution in [2.24, 2.45) is 5.41 Å². The molecule has 218 valence electrons. The molecular weight excluding hydrogens is 500 g/mol. The minimum absolute atomic E-state index is 0.0110. The smallest absolute Gasteiger partial charge is 0.335 e. The van der Waals surface area contributed by atoms with Crippen molar-refractivity contribution in [3.05, 3.63) is 83.5 Å². The molecule has 0 aliphatic heterocycles. The van der Waals surface area contributed by atoms with E-state index in [1.807, 2.05) is 6.92 Å². The van der Waals surface area contributed by atoms with Gasteiger partial charge in [-0.1, -0.05) is 102 Å². The summed E-state index contributed by atoms with van der Waals surface area (Å²) in [5.41, 5.74) is 6.14. The van der Waals surface area contributed by atoms with Crippen LogP contribution in [0.5, 0.6) is 0 Å². The molecule has 40 heavy (non-hydrogen) atoms. The highest BCUT2D eigenvalue weighted by atomic mass is 16.5. The molecular formula is C35H48O5. The lowest BCUT2D eigenvalue weighted by Gasteiger charge is -2.29.